The summed E-state index contributed by atoms with van der Waals surface area (Å²) in [6.07, 6.45) is 1.76. The van der Waals surface area contributed by atoms with Crippen molar-refractivity contribution >= 4 is 6.29 Å². The van der Waals surface area contributed by atoms with Gasteiger partial charge in [-0.3, -0.25) is 4.79 Å². The number of rotatable bonds is 6. The Labute approximate surface area is 114 Å². The zero-order valence-corrected chi connectivity index (χ0v) is 11.1. The highest BCUT2D eigenvalue weighted by molar-refractivity contribution is 5.77. The highest BCUT2D eigenvalue weighted by Crippen LogP contribution is 2.10. The molecule has 0 spiro atoms. The van der Waals surface area contributed by atoms with Crippen LogP contribution in [0.4, 0.5) is 0 Å². The normalized spacial score (nSPS) is 10.4. The van der Waals surface area contributed by atoms with Gasteiger partial charge in [-0.05, 0) is 30.0 Å². The maximum Gasteiger partial charge on any atom is 0.150 e. The SMILES string of the molecule is Cc1cc(CCOCc2ccccc2)ccc1C=O. The fraction of sp³-hybridized carbons (Fsp3) is 0.235. The molecule has 0 aliphatic rings. The molecule has 0 aromatic heterocycles. The minimum Gasteiger partial charge on any atom is -0.376 e. The van der Waals surface area contributed by atoms with Crippen molar-refractivity contribution in [3.63, 3.8) is 0 Å². The Morgan fingerprint density at radius 3 is 2.53 bits per heavy atom. The molecular formula is C17H18O2. The number of benzene rings is 2. The molecule has 0 saturated carbocycles. The van der Waals surface area contributed by atoms with Gasteiger partial charge in [0.15, 0.2) is 0 Å². The molecule has 0 saturated heterocycles. The second kappa shape index (κ2) is 6.86. The Balaban J connectivity index is 1.80. The first-order valence-corrected chi connectivity index (χ1v) is 6.46. The lowest BCUT2D eigenvalue weighted by Crippen LogP contribution is -2.00. The molecule has 0 amide bonds. The first-order valence-electron chi connectivity index (χ1n) is 6.46. The van der Waals surface area contributed by atoms with Crippen LogP contribution in [0.3, 0.4) is 0 Å². The standard InChI is InChI=1S/C17H18O2/c1-14-11-15(7-8-17(14)12-18)9-10-19-13-16-5-3-2-4-6-16/h2-8,11-12H,9-10,13H2,1H3. The molecule has 2 rings (SSSR count). The molecule has 0 aliphatic carbocycles. The lowest BCUT2D eigenvalue weighted by atomic mass is 10.0. The number of aldehydes is 1. The zero-order valence-electron chi connectivity index (χ0n) is 11.1. The molecule has 0 radical (unpaired) electrons. The lowest BCUT2D eigenvalue weighted by molar-refractivity contribution is 0.112. The zero-order chi connectivity index (χ0) is 13.5. The highest BCUT2D eigenvalue weighted by atomic mass is 16.5. The number of carbonyl (C=O) groups is 1. The molecular weight excluding hydrogens is 236 g/mol. The predicted molar refractivity (Wildman–Crippen MR) is 76.4 cm³/mol. The average molecular weight is 254 g/mol. The molecule has 2 nitrogen and oxygen atoms in total. The van der Waals surface area contributed by atoms with Gasteiger partial charge in [0.05, 0.1) is 13.2 Å². The summed E-state index contributed by atoms with van der Waals surface area (Å²) in [5.74, 6) is 0. The van der Waals surface area contributed by atoms with E-state index in [4.69, 9.17) is 4.74 Å². The maximum atomic E-state index is 10.7. The molecule has 0 heterocycles. The third-order valence-corrected chi connectivity index (χ3v) is 3.11. The first kappa shape index (κ1) is 13.5. The number of aryl methyl sites for hydroxylation is 1. The molecule has 2 heteroatoms. The second-order valence-electron chi connectivity index (χ2n) is 4.60. The summed E-state index contributed by atoms with van der Waals surface area (Å²) < 4.78 is 5.65. The van der Waals surface area contributed by atoms with Gasteiger partial charge in [0.2, 0.25) is 0 Å². The predicted octanol–water partition coefficient (Wildman–Crippen LogP) is 3.57. The molecule has 2 aromatic carbocycles. The number of ether oxygens (including phenoxy) is 1. The number of hydrogen-bond acceptors (Lipinski definition) is 2. The number of hydrogen-bond donors (Lipinski definition) is 0. The van der Waals surface area contributed by atoms with Crippen molar-refractivity contribution in [1.82, 2.24) is 0 Å². The minimum atomic E-state index is 0.645. The van der Waals surface area contributed by atoms with Gasteiger partial charge in [0.1, 0.15) is 6.29 Å². The van der Waals surface area contributed by atoms with E-state index in [1.54, 1.807) is 0 Å². The van der Waals surface area contributed by atoms with Crippen LogP contribution >= 0.6 is 0 Å². The largest absolute Gasteiger partial charge is 0.376 e. The van der Waals surface area contributed by atoms with Gasteiger partial charge >= 0.3 is 0 Å². The molecule has 0 unspecified atom stereocenters. The molecule has 0 atom stereocenters. The first-order chi connectivity index (χ1) is 9.29. The van der Waals surface area contributed by atoms with Gasteiger partial charge in [-0.25, -0.2) is 0 Å². The van der Waals surface area contributed by atoms with Gasteiger partial charge in [-0.15, -0.1) is 0 Å². The van der Waals surface area contributed by atoms with Gasteiger partial charge in [0, 0.05) is 5.56 Å². The Bertz CT molecular complexity index is 532. The molecule has 98 valence electrons. The van der Waals surface area contributed by atoms with Crippen molar-refractivity contribution in [2.24, 2.45) is 0 Å². The van der Waals surface area contributed by atoms with Crippen LogP contribution in [0.25, 0.3) is 0 Å². The van der Waals surface area contributed by atoms with Gasteiger partial charge < -0.3 is 4.74 Å². The molecule has 0 bridgehead atoms. The Kier molecular flexibility index (Phi) is 4.87. The summed E-state index contributed by atoms with van der Waals surface area (Å²) in [5, 5.41) is 0. The van der Waals surface area contributed by atoms with Crippen molar-refractivity contribution < 1.29 is 9.53 Å². The molecule has 0 aliphatic heterocycles. The smallest absolute Gasteiger partial charge is 0.150 e. The summed E-state index contributed by atoms with van der Waals surface area (Å²) >= 11 is 0. The fourth-order valence-corrected chi connectivity index (χ4v) is 1.98. The summed E-state index contributed by atoms with van der Waals surface area (Å²) in [6, 6.07) is 16.1. The van der Waals surface area contributed by atoms with Crippen LogP contribution < -0.4 is 0 Å². The average Bonchev–Trinajstić information content (AvgIpc) is 2.45. The van der Waals surface area contributed by atoms with E-state index < -0.39 is 0 Å². The summed E-state index contributed by atoms with van der Waals surface area (Å²) in [4.78, 5) is 10.7. The molecule has 19 heavy (non-hydrogen) atoms. The minimum absolute atomic E-state index is 0.645. The van der Waals surface area contributed by atoms with Crippen molar-refractivity contribution in [2.75, 3.05) is 6.61 Å². The Morgan fingerprint density at radius 1 is 1.05 bits per heavy atom. The maximum absolute atomic E-state index is 10.7. The van der Waals surface area contributed by atoms with E-state index >= 15 is 0 Å². The lowest BCUT2D eigenvalue weighted by Gasteiger charge is -2.06. The summed E-state index contributed by atoms with van der Waals surface area (Å²) in [7, 11) is 0. The van der Waals surface area contributed by atoms with Crippen LogP contribution in [0, 0.1) is 6.92 Å². The summed E-state index contributed by atoms with van der Waals surface area (Å²) in [6.45, 7) is 3.29. The van der Waals surface area contributed by atoms with Crippen LogP contribution in [0.5, 0.6) is 0 Å². The van der Waals surface area contributed by atoms with Crippen molar-refractivity contribution in [3.8, 4) is 0 Å². The van der Waals surface area contributed by atoms with E-state index in [0.29, 0.717) is 13.2 Å². The van der Waals surface area contributed by atoms with Crippen molar-refractivity contribution in [3.05, 3.63) is 70.8 Å². The Morgan fingerprint density at radius 2 is 1.84 bits per heavy atom. The van der Waals surface area contributed by atoms with E-state index in [9.17, 15) is 4.79 Å². The van der Waals surface area contributed by atoms with Gasteiger partial charge in [-0.1, -0.05) is 48.5 Å². The van der Waals surface area contributed by atoms with Crippen LogP contribution in [0.1, 0.15) is 27.0 Å². The van der Waals surface area contributed by atoms with E-state index in [1.807, 2.05) is 37.3 Å². The molecule has 0 fully saturated rings. The summed E-state index contributed by atoms with van der Waals surface area (Å²) in [5.41, 5.74) is 4.18. The third kappa shape index (κ3) is 4.04. The topological polar surface area (TPSA) is 26.3 Å². The Hall–Kier alpha value is -1.93. The molecule has 0 N–H and O–H groups in total. The van der Waals surface area contributed by atoms with Crippen LogP contribution in [0.15, 0.2) is 48.5 Å². The van der Waals surface area contributed by atoms with Crippen LogP contribution in [0.2, 0.25) is 0 Å². The fourth-order valence-electron chi connectivity index (χ4n) is 1.98. The number of carbonyl (C=O) groups excluding carboxylic acids is 1. The second-order valence-corrected chi connectivity index (χ2v) is 4.60. The van der Waals surface area contributed by atoms with Gasteiger partial charge in [0.25, 0.3) is 0 Å². The highest BCUT2D eigenvalue weighted by Gasteiger charge is 1.99. The monoisotopic (exact) mass is 254 g/mol. The molecule has 2 aromatic rings. The van der Waals surface area contributed by atoms with E-state index in [1.165, 1.54) is 11.1 Å². The van der Waals surface area contributed by atoms with Crippen molar-refractivity contribution in [2.45, 2.75) is 20.0 Å². The van der Waals surface area contributed by atoms with Crippen LogP contribution in [-0.4, -0.2) is 12.9 Å². The van der Waals surface area contributed by atoms with Crippen molar-refractivity contribution in [1.29, 1.82) is 0 Å². The van der Waals surface area contributed by atoms with E-state index in [-0.39, 0.29) is 0 Å². The third-order valence-electron chi connectivity index (χ3n) is 3.11. The quantitative estimate of drug-likeness (QED) is 0.582. The van der Waals surface area contributed by atoms with Gasteiger partial charge in [-0.2, -0.15) is 0 Å². The van der Waals surface area contributed by atoms with E-state index in [0.717, 1.165) is 23.8 Å². The van der Waals surface area contributed by atoms with Crippen LogP contribution in [-0.2, 0) is 17.8 Å². The van der Waals surface area contributed by atoms with E-state index in [2.05, 4.69) is 18.2 Å².